The number of carbonyl (C=O) groups excluding carboxylic acids is 1. The highest BCUT2D eigenvalue weighted by Crippen LogP contribution is 2.45. The third kappa shape index (κ3) is 4.97. The van der Waals surface area contributed by atoms with Crippen LogP contribution in [0, 0.1) is 5.92 Å². The maximum Gasteiger partial charge on any atom is 0.407 e. The standard InChI is InChI=1S/C21H17F6NO4/c22-20(23,24)17(21(25,26)27)9-16(18(29)30)28-19(31)32-10-15-13-7-3-1-5-11(13)12-6-2-4-8-14(12)15/h1-8,15-17H,9-10H2,(H,28,31)(H,29,30)/t16-/m0/s1. The number of rotatable bonds is 6. The number of hydrogen-bond acceptors (Lipinski definition) is 3. The van der Waals surface area contributed by atoms with Gasteiger partial charge in [0.2, 0.25) is 0 Å². The highest BCUT2D eigenvalue weighted by Gasteiger charge is 2.57. The largest absolute Gasteiger partial charge is 0.480 e. The molecule has 1 amide bonds. The Morgan fingerprint density at radius 2 is 1.38 bits per heavy atom. The fourth-order valence-corrected chi connectivity index (χ4v) is 3.69. The van der Waals surface area contributed by atoms with E-state index in [1.54, 1.807) is 29.6 Å². The Balaban J connectivity index is 1.70. The first kappa shape index (κ1) is 23.4. The Labute approximate surface area is 178 Å². The van der Waals surface area contributed by atoms with Crippen molar-refractivity contribution in [2.24, 2.45) is 5.92 Å². The van der Waals surface area contributed by atoms with E-state index in [4.69, 9.17) is 9.84 Å². The molecule has 0 aromatic heterocycles. The second-order valence-corrected chi connectivity index (χ2v) is 7.23. The predicted molar refractivity (Wildman–Crippen MR) is 99.8 cm³/mol. The molecular formula is C21H17F6NO4. The summed E-state index contributed by atoms with van der Waals surface area (Å²) in [4.78, 5) is 23.3. The number of benzene rings is 2. The minimum atomic E-state index is -5.73. The van der Waals surface area contributed by atoms with E-state index in [-0.39, 0.29) is 6.61 Å². The van der Waals surface area contributed by atoms with E-state index in [0.29, 0.717) is 0 Å². The van der Waals surface area contributed by atoms with Crippen molar-refractivity contribution in [3.63, 3.8) is 0 Å². The molecule has 0 saturated carbocycles. The quantitative estimate of drug-likeness (QED) is 0.587. The molecule has 2 aromatic carbocycles. The van der Waals surface area contributed by atoms with Crippen LogP contribution in [0.15, 0.2) is 48.5 Å². The molecule has 2 N–H and O–H groups in total. The van der Waals surface area contributed by atoms with Crippen molar-refractivity contribution in [2.45, 2.75) is 30.7 Å². The number of alkyl carbamates (subject to hydrolysis) is 1. The summed E-state index contributed by atoms with van der Waals surface area (Å²) in [5.41, 5.74) is 3.45. The first-order valence-electron chi connectivity index (χ1n) is 9.37. The zero-order valence-electron chi connectivity index (χ0n) is 16.2. The molecule has 0 heterocycles. The van der Waals surface area contributed by atoms with E-state index in [2.05, 4.69) is 0 Å². The second kappa shape index (κ2) is 8.71. The summed E-state index contributed by atoms with van der Waals surface area (Å²) in [6, 6.07) is 12.1. The number of hydrogen-bond donors (Lipinski definition) is 2. The number of fused-ring (bicyclic) bond motifs is 3. The van der Waals surface area contributed by atoms with Gasteiger partial charge in [0.25, 0.3) is 0 Å². The van der Waals surface area contributed by atoms with Gasteiger partial charge in [-0.2, -0.15) is 26.3 Å². The van der Waals surface area contributed by atoms with Crippen LogP contribution in [-0.2, 0) is 9.53 Å². The zero-order chi connectivity index (χ0) is 23.7. The van der Waals surface area contributed by atoms with Crippen LogP contribution in [0.25, 0.3) is 11.1 Å². The van der Waals surface area contributed by atoms with Crippen LogP contribution in [0.3, 0.4) is 0 Å². The van der Waals surface area contributed by atoms with Crippen molar-refractivity contribution < 1.29 is 45.8 Å². The number of carboxylic acids is 1. The molecule has 0 spiro atoms. The second-order valence-electron chi connectivity index (χ2n) is 7.23. The van der Waals surface area contributed by atoms with Gasteiger partial charge in [-0.05, 0) is 28.7 Å². The predicted octanol–water partition coefficient (Wildman–Crippen LogP) is 5.11. The number of ether oxygens (including phenoxy) is 1. The molecule has 0 radical (unpaired) electrons. The number of nitrogens with one attached hydrogen (secondary N) is 1. The molecule has 0 fully saturated rings. The lowest BCUT2D eigenvalue weighted by molar-refractivity contribution is -0.286. The monoisotopic (exact) mass is 461 g/mol. The molecule has 1 aliphatic carbocycles. The van der Waals surface area contributed by atoms with E-state index in [0.717, 1.165) is 22.3 Å². The third-order valence-electron chi connectivity index (χ3n) is 5.20. The Morgan fingerprint density at radius 1 is 0.906 bits per heavy atom. The molecule has 1 aliphatic rings. The molecule has 3 rings (SSSR count). The average Bonchev–Trinajstić information content (AvgIpc) is 3.01. The van der Waals surface area contributed by atoms with E-state index < -0.39 is 48.7 Å². The fourth-order valence-electron chi connectivity index (χ4n) is 3.69. The van der Waals surface area contributed by atoms with Crippen LogP contribution in [0.2, 0.25) is 0 Å². The summed E-state index contributed by atoms with van der Waals surface area (Å²) in [5, 5.41) is 10.6. The molecule has 0 unspecified atom stereocenters. The van der Waals surface area contributed by atoms with Gasteiger partial charge in [-0.15, -0.1) is 0 Å². The van der Waals surface area contributed by atoms with Gasteiger partial charge < -0.3 is 15.2 Å². The lowest BCUT2D eigenvalue weighted by atomic mass is 9.98. The molecule has 0 bridgehead atoms. The normalized spacial score (nSPS) is 14.6. The minimum absolute atomic E-state index is 0.284. The van der Waals surface area contributed by atoms with Crippen LogP contribution in [0.4, 0.5) is 31.1 Å². The lowest BCUT2D eigenvalue weighted by Crippen LogP contribution is -2.47. The summed E-state index contributed by atoms with van der Waals surface area (Å²) < 4.78 is 81.5. The van der Waals surface area contributed by atoms with Gasteiger partial charge in [-0.3, -0.25) is 0 Å². The van der Waals surface area contributed by atoms with Gasteiger partial charge in [0.05, 0.1) is 0 Å². The molecule has 32 heavy (non-hydrogen) atoms. The Morgan fingerprint density at radius 3 is 1.81 bits per heavy atom. The van der Waals surface area contributed by atoms with Gasteiger partial charge in [-0.1, -0.05) is 48.5 Å². The van der Waals surface area contributed by atoms with Crippen molar-refractivity contribution >= 4 is 12.1 Å². The molecule has 2 aromatic rings. The first-order chi connectivity index (χ1) is 14.9. The topological polar surface area (TPSA) is 75.6 Å². The lowest BCUT2D eigenvalue weighted by Gasteiger charge is -2.26. The Kier molecular flexibility index (Phi) is 6.38. The highest BCUT2D eigenvalue weighted by molar-refractivity contribution is 5.81. The molecule has 11 heteroatoms. The van der Waals surface area contributed by atoms with E-state index in [1.807, 2.05) is 24.3 Å². The summed E-state index contributed by atoms with van der Waals surface area (Å²) >= 11 is 0. The first-order valence-corrected chi connectivity index (χ1v) is 9.37. The molecular weight excluding hydrogens is 444 g/mol. The van der Waals surface area contributed by atoms with Gasteiger partial charge >= 0.3 is 24.4 Å². The Bertz CT molecular complexity index is 945. The molecule has 0 aliphatic heterocycles. The average molecular weight is 461 g/mol. The summed E-state index contributed by atoms with van der Waals surface area (Å²) in [6.07, 6.45) is -14.8. The van der Waals surface area contributed by atoms with E-state index in [1.165, 1.54) is 0 Å². The van der Waals surface area contributed by atoms with Gasteiger partial charge in [0, 0.05) is 5.92 Å². The number of amides is 1. The van der Waals surface area contributed by atoms with Crippen molar-refractivity contribution in [2.75, 3.05) is 6.61 Å². The number of aliphatic carboxylic acids is 1. The highest BCUT2D eigenvalue weighted by atomic mass is 19.4. The number of carboxylic acid groups (broad SMARTS) is 1. The smallest absolute Gasteiger partial charge is 0.407 e. The number of halogens is 6. The van der Waals surface area contributed by atoms with Gasteiger partial charge in [0.1, 0.15) is 12.6 Å². The molecule has 5 nitrogen and oxygen atoms in total. The van der Waals surface area contributed by atoms with Crippen LogP contribution in [0.5, 0.6) is 0 Å². The van der Waals surface area contributed by atoms with Crippen molar-refractivity contribution in [1.82, 2.24) is 5.32 Å². The zero-order valence-corrected chi connectivity index (χ0v) is 16.2. The minimum Gasteiger partial charge on any atom is -0.480 e. The van der Waals surface area contributed by atoms with Gasteiger partial charge in [-0.25, -0.2) is 9.59 Å². The Hall–Kier alpha value is -3.24. The maximum atomic E-state index is 12.8. The van der Waals surface area contributed by atoms with E-state index >= 15 is 0 Å². The maximum absolute atomic E-state index is 12.8. The number of carbonyl (C=O) groups is 2. The van der Waals surface area contributed by atoms with Crippen LogP contribution in [0.1, 0.15) is 23.5 Å². The summed E-state index contributed by atoms with van der Waals surface area (Å²) in [5.74, 6) is -6.38. The van der Waals surface area contributed by atoms with Crippen molar-refractivity contribution in [1.29, 1.82) is 0 Å². The third-order valence-corrected chi connectivity index (χ3v) is 5.20. The molecule has 1 atom stereocenters. The van der Waals surface area contributed by atoms with E-state index in [9.17, 15) is 35.9 Å². The summed E-state index contributed by atoms with van der Waals surface area (Å²) in [7, 11) is 0. The van der Waals surface area contributed by atoms with Crippen molar-refractivity contribution in [3.05, 3.63) is 59.7 Å². The molecule has 0 saturated heterocycles. The van der Waals surface area contributed by atoms with Crippen LogP contribution >= 0.6 is 0 Å². The summed E-state index contributed by atoms with van der Waals surface area (Å²) in [6.45, 7) is -0.284. The fraction of sp³-hybridized carbons (Fsp3) is 0.333. The van der Waals surface area contributed by atoms with Crippen LogP contribution in [-0.4, -0.2) is 42.2 Å². The van der Waals surface area contributed by atoms with Crippen LogP contribution < -0.4 is 5.32 Å². The van der Waals surface area contributed by atoms with Gasteiger partial charge in [0.15, 0.2) is 5.92 Å². The van der Waals surface area contributed by atoms with Crippen molar-refractivity contribution in [3.8, 4) is 11.1 Å². The number of alkyl halides is 6. The molecule has 172 valence electrons. The SMILES string of the molecule is O=C(N[C@@H](CC(C(F)(F)F)C(F)(F)F)C(=O)O)OCC1c2ccccc2-c2ccccc21.